The highest BCUT2D eigenvalue weighted by atomic mass is 32.2. The van der Waals surface area contributed by atoms with Gasteiger partial charge in [0.15, 0.2) is 11.5 Å². The number of hydrogen-bond acceptors (Lipinski definition) is 6. The molecule has 10 heteroatoms. The number of rotatable bonds is 6. The highest BCUT2D eigenvalue weighted by molar-refractivity contribution is 7.93. The Morgan fingerprint density at radius 2 is 1.31 bits per heavy atom. The van der Waals surface area contributed by atoms with Gasteiger partial charge in [-0.05, 0) is 61.9 Å². The minimum absolute atomic E-state index is 0.00922. The zero-order valence-electron chi connectivity index (χ0n) is 17.5. The Morgan fingerprint density at radius 3 is 2.00 bits per heavy atom. The van der Waals surface area contributed by atoms with E-state index in [2.05, 4.69) is 9.44 Å². The molecule has 1 aliphatic heterocycles. The molecule has 1 heterocycles. The van der Waals surface area contributed by atoms with Gasteiger partial charge in [-0.3, -0.25) is 9.44 Å². The normalized spacial score (nSPS) is 13.4. The average molecular weight is 475 g/mol. The second kappa shape index (κ2) is 8.36. The van der Waals surface area contributed by atoms with E-state index >= 15 is 0 Å². The third-order valence-corrected chi connectivity index (χ3v) is 7.63. The van der Waals surface area contributed by atoms with Gasteiger partial charge in [0, 0.05) is 11.8 Å². The Hall–Kier alpha value is -3.24. The van der Waals surface area contributed by atoms with Crippen LogP contribution >= 0.6 is 0 Å². The van der Waals surface area contributed by atoms with Crippen LogP contribution in [0.4, 0.5) is 11.4 Å². The molecule has 32 heavy (non-hydrogen) atoms. The van der Waals surface area contributed by atoms with E-state index in [4.69, 9.17) is 9.47 Å². The monoisotopic (exact) mass is 474 g/mol. The predicted molar refractivity (Wildman–Crippen MR) is 121 cm³/mol. The van der Waals surface area contributed by atoms with E-state index in [0.29, 0.717) is 30.4 Å². The number of aryl methyl sites for hydroxylation is 2. The minimum atomic E-state index is -3.90. The molecular formula is C22H22N2O6S2. The molecule has 0 saturated heterocycles. The summed E-state index contributed by atoms with van der Waals surface area (Å²) in [6.45, 7) is 4.50. The van der Waals surface area contributed by atoms with Crippen molar-refractivity contribution in [1.29, 1.82) is 0 Å². The molecule has 8 nitrogen and oxygen atoms in total. The third kappa shape index (κ3) is 4.66. The Morgan fingerprint density at radius 1 is 0.688 bits per heavy atom. The number of fused-ring (bicyclic) bond motifs is 1. The van der Waals surface area contributed by atoms with Crippen molar-refractivity contribution in [2.75, 3.05) is 22.7 Å². The molecule has 0 radical (unpaired) electrons. The molecule has 0 saturated carbocycles. The fourth-order valence-corrected chi connectivity index (χ4v) is 5.44. The van der Waals surface area contributed by atoms with Crippen LogP contribution in [0.2, 0.25) is 0 Å². The first-order chi connectivity index (χ1) is 15.1. The summed E-state index contributed by atoms with van der Waals surface area (Å²) in [7, 11) is -7.73. The van der Waals surface area contributed by atoms with Gasteiger partial charge in [0.25, 0.3) is 20.0 Å². The molecule has 0 spiro atoms. The van der Waals surface area contributed by atoms with Crippen LogP contribution in [-0.2, 0) is 20.0 Å². The molecule has 3 aromatic rings. The number of nitrogens with one attached hydrogen (secondary N) is 2. The first-order valence-electron chi connectivity index (χ1n) is 9.77. The van der Waals surface area contributed by atoms with Crippen molar-refractivity contribution < 1.29 is 26.3 Å². The van der Waals surface area contributed by atoms with Gasteiger partial charge >= 0.3 is 0 Å². The van der Waals surface area contributed by atoms with E-state index in [0.717, 1.165) is 11.1 Å². The highest BCUT2D eigenvalue weighted by Gasteiger charge is 2.20. The van der Waals surface area contributed by atoms with Gasteiger partial charge in [0.2, 0.25) is 0 Å². The van der Waals surface area contributed by atoms with E-state index in [9.17, 15) is 16.8 Å². The third-order valence-electron chi connectivity index (χ3n) is 4.87. The van der Waals surface area contributed by atoms with Crippen molar-refractivity contribution in [2.24, 2.45) is 0 Å². The second-order valence-corrected chi connectivity index (χ2v) is 10.7. The van der Waals surface area contributed by atoms with Crippen molar-refractivity contribution in [3.05, 3.63) is 71.8 Å². The molecule has 2 N–H and O–H groups in total. The molecule has 0 unspecified atom stereocenters. The van der Waals surface area contributed by atoms with Crippen molar-refractivity contribution in [2.45, 2.75) is 23.6 Å². The van der Waals surface area contributed by atoms with Crippen molar-refractivity contribution >= 4 is 31.4 Å². The summed E-state index contributed by atoms with van der Waals surface area (Å²) in [5, 5.41) is 0. The molecule has 0 fully saturated rings. The maximum Gasteiger partial charge on any atom is 0.262 e. The first kappa shape index (κ1) is 22.0. The van der Waals surface area contributed by atoms with Crippen LogP contribution in [0, 0.1) is 13.8 Å². The SMILES string of the molecule is Cc1ccc(NS(=O)(=O)c2ccc(NS(=O)(=O)c3ccc4c(c3)OCCO4)cc2)c(C)c1. The number of ether oxygens (including phenoxy) is 2. The zero-order chi connectivity index (χ0) is 22.9. The van der Waals surface area contributed by atoms with Crippen molar-refractivity contribution in [3.8, 4) is 11.5 Å². The predicted octanol–water partition coefficient (Wildman–Crippen LogP) is 3.68. The van der Waals surface area contributed by atoms with E-state index in [1.54, 1.807) is 6.07 Å². The lowest BCUT2D eigenvalue weighted by molar-refractivity contribution is 0.171. The summed E-state index contributed by atoms with van der Waals surface area (Å²) in [4.78, 5) is 0.0229. The minimum Gasteiger partial charge on any atom is -0.486 e. The lowest BCUT2D eigenvalue weighted by Gasteiger charge is -2.19. The molecule has 168 valence electrons. The first-order valence-corrected chi connectivity index (χ1v) is 12.7. The standard InChI is InChI=1S/C22H22N2O6S2/c1-15-3-9-20(16(2)13-15)24-31(25,26)18-6-4-17(5-7-18)23-32(27,28)19-8-10-21-22(14-19)30-12-11-29-21/h3-10,13-14,23-24H,11-12H2,1-2H3. The number of sulfonamides is 2. The van der Waals surface area contributed by atoms with Crippen molar-refractivity contribution in [3.63, 3.8) is 0 Å². The Labute approximate surface area is 187 Å². The largest absolute Gasteiger partial charge is 0.486 e. The smallest absolute Gasteiger partial charge is 0.262 e. The average Bonchev–Trinajstić information content (AvgIpc) is 2.75. The van der Waals surface area contributed by atoms with Crippen LogP contribution in [0.3, 0.4) is 0 Å². The second-order valence-electron chi connectivity index (χ2n) is 7.36. The van der Waals surface area contributed by atoms with Gasteiger partial charge in [-0.2, -0.15) is 0 Å². The molecular weight excluding hydrogens is 452 g/mol. The summed E-state index contributed by atoms with van der Waals surface area (Å²) < 4.78 is 66.8. The van der Waals surface area contributed by atoms with Crippen LogP contribution in [0.25, 0.3) is 0 Å². The van der Waals surface area contributed by atoms with E-state index in [1.165, 1.54) is 42.5 Å². The zero-order valence-corrected chi connectivity index (χ0v) is 19.1. The van der Waals surface area contributed by atoms with Crippen LogP contribution in [0.15, 0.2) is 70.5 Å². The fourth-order valence-electron chi connectivity index (χ4n) is 3.24. The maximum absolute atomic E-state index is 12.7. The summed E-state index contributed by atoms with van der Waals surface area (Å²) in [5.41, 5.74) is 2.54. The molecule has 4 rings (SSSR count). The summed E-state index contributed by atoms with van der Waals surface area (Å²) in [6, 6.07) is 15.2. The lowest BCUT2D eigenvalue weighted by atomic mass is 10.1. The van der Waals surface area contributed by atoms with Crippen LogP contribution in [0.5, 0.6) is 11.5 Å². The highest BCUT2D eigenvalue weighted by Crippen LogP contribution is 2.33. The topological polar surface area (TPSA) is 111 Å². The number of benzene rings is 3. The molecule has 0 aromatic heterocycles. The van der Waals surface area contributed by atoms with Gasteiger partial charge in [0.05, 0.1) is 15.5 Å². The van der Waals surface area contributed by atoms with Crippen LogP contribution < -0.4 is 18.9 Å². The van der Waals surface area contributed by atoms with Gasteiger partial charge in [-0.1, -0.05) is 17.7 Å². The Balaban J connectivity index is 1.52. The molecule has 0 amide bonds. The van der Waals surface area contributed by atoms with Gasteiger partial charge < -0.3 is 9.47 Å². The molecule has 0 bridgehead atoms. The van der Waals surface area contributed by atoms with E-state index in [-0.39, 0.29) is 15.5 Å². The van der Waals surface area contributed by atoms with Crippen molar-refractivity contribution in [1.82, 2.24) is 0 Å². The summed E-state index contributed by atoms with van der Waals surface area (Å²) >= 11 is 0. The van der Waals surface area contributed by atoms with E-state index < -0.39 is 20.0 Å². The Kier molecular flexibility index (Phi) is 5.74. The molecule has 0 aliphatic carbocycles. The summed E-state index contributed by atoms with van der Waals surface area (Å²) in [6.07, 6.45) is 0. The maximum atomic E-state index is 12.7. The van der Waals surface area contributed by atoms with Gasteiger partial charge in [-0.15, -0.1) is 0 Å². The van der Waals surface area contributed by atoms with Gasteiger partial charge in [0.1, 0.15) is 13.2 Å². The molecule has 0 atom stereocenters. The van der Waals surface area contributed by atoms with Crippen LogP contribution in [-0.4, -0.2) is 30.0 Å². The molecule has 1 aliphatic rings. The molecule has 3 aromatic carbocycles. The van der Waals surface area contributed by atoms with Gasteiger partial charge in [-0.25, -0.2) is 16.8 Å². The number of anilines is 2. The fraction of sp³-hybridized carbons (Fsp3) is 0.182. The van der Waals surface area contributed by atoms with E-state index in [1.807, 2.05) is 26.0 Å². The Bertz CT molecular complexity index is 1370. The number of hydrogen-bond donors (Lipinski definition) is 2. The quantitative estimate of drug-likeness (QED) is 0.564. The van der Waals surface area contributed by atoms with Crippen LogP contribution in [0.1, 0.15) is 11.1 Å². The summed E-state index contributed by atoms with van der Waals surface area (Å²) in [5.74, 6) is 0.846. The lowest BCUT2D eigenvalue weighted by Crippen LogP contribution is -2.17.